The quantitative estimate of drug-likeness (QED) is 0.703. The van der Waals surface area contributed by atoms with Gasteiger partial charge in [-0.05, 0) is 6.07 Å². The second-order valence-electron chi connectivity index (χ2n) is 5.35. The van der Waals surface area contributed by atoms with Crippen LogP contribution in [0.5, 0.6) is 0 Å². The van der Waals surface area contributed by atoms with Crippen molar-refractivity contribution in [3.63, 3.8) is 0 Å². The lowest BCUT2D eigenvalue weighted by Crippen LogP contribution is -2.40. The van der Waals surface area contributed by atoms with Gasteiger partial charge < -0.3 is 14.9 Å². The molecule has 2 rings (SSSR count). The van der Waals surface area contributed by atoms with Crippen LogP contribution in [0.15, 0.2) is 24.3 Å². The molecule has 0 amide bonds. The highest BCUT2D eigenvalue weighted by Gasteiger charge is 2.52. The van der Waals surface area contributed by atoms with Gasteiger partial charge in [-0.3, -0.25) is 4.79 Å². The molecule has 5 nitrogen and oxygen atoms in total. The summed E-state index contributed by atoms with van der Waals surface area (Å²) < 4.78 is 5.10. The van der Waals surface area contributed by atoms with E-state index in [2.05, 4.69) is 0 Å². The first-order valence-corrected chi connectivity index (χ1v) is 5.84. The van der Waals surface area contributed by atoms with Crippen molar-refractivity contribution in [3.05, 3.63) is 35.4 Å². The fraction of sp³-hybridized carbons (Fsp3) is 0.429. The Kier molecular flexibility index (Phi) is 4.00. The maximum absolute atomic E-state index is 11.5. The smallest absolute Gasteiger partial charge is 0.341 e. The van der Waals surface area contributed by atoms with Gasteiger partial charge in [-0.15, -0.1) is 0 Å². The van der Waals surface area contributed by atoms with E-state index < -0.39 is 23.1 Å². The molecule has 1 aliphatic heterocycles. The summed E-state index contributed by atoms with van der Waals surface area (Å²) in [7, 11) is 0. The summed E-state index contributed by atoms with van der Waals surface area (Å²) in [5.74, 6) is -2.80. The SMILES string of the molecule is CC(=O)O.CC(C)(C)C1(O)OC(=O)c2ccccc21. The Balaban J connectivity index is 0.000000399. The Morgan fingerprint density at radius 1 is 1.26 bits per heavy atom. The highest BCUT2D eigenvalue weighted by molar-refractivity contribution is 5.94. The van der Waals surface area contributed by atoms with E-state index in [0.29, 0.717) is 11.1 Å². The topological polar surface area (TPSA) is 83.8 Å². The third kappa shape index (κ3) is 2.93. The van der Waals surface area contributed by atoms with Gasteiger partial charge in [0.2, 0.25) is 5.79 Å². The number of hydrogen-bond acceptors (Lipinski definition) is 4. The van der Waals surface area contributed by atoms with Gasteiger partial charge in [0.15, 0.2) is 0 Å². The zero-order chi connectivity index (χ0) is 14.8. The molecule has 1 aromatic rings. The number of carbonyl (C=O) groups excluding carboxylic acids is 1. The molecule has 0 radical (unpaired) electrons. The number of fused-ring (bicyclic) bond motifs is 1. The van der Waals surface area contributed by atoms with Crippen LogP contribution in [-0.2, 0) is 15.3 Å². The number of rotatable bonds is 0. The standard InChI is InChI=1S/C12H14O3.C2H4O2/c1-11(2,3)12(14)9-7-5-4-6-8(9)10(13)15-12;1-2(3)4/h4-7,14H,1-3H3;1H3,(H,3,4). The number of carboxylic acids is 1. The fourth-order valence-corrected chi connectivity index (χ4v) is 1.76. The molecule has 19 heavy (non-hydrogen) atoms. The van der Waals surface area contributed by atoms with E-state index in [1.165, 1.54) is 0 Å². The van der Waals surface area contributed by atoms with Crippen LogP contribution in [0.25, 0.3) is 0 Å². The van der Waals surface area contributed by atoms with E-state index in [0.717, 1.165) is 6.92 Å². The Labute approximate surface area is 111 Å². The first kappa shape index (κ1) is 15.2. The summed E-state index contributed by atoms with van der Waals surface area (Å²) in [6.07, 6.45) is 0. The molecule has 0 fully saturated rings. The van der Waals surface area contributed by atoms with E-state index >= 15 is 0 Å². The van der Waals surface area contributed by atoms with Crippen molar-refractivity contribution in [3.8, 4) is 0 Å². The zero-order valence-electron chi connectivity index (χ0n) is 11.4. The maximum atomic E-state index is 11.5. The second kappa shape index (κ2) is 5.01. The Morgan fingerprint density at radius 2 is 1.74 bits per heavy atom. The van der Waals surface area contributed by atoms with Gasteiger partial charge in [0, 0.05) is 17.9 Å². The van der Waals surface area contributed by atoms with Crippen LogP contribution >= 0.6 is 0 Å². The molecule has 0 saturated carbocycles. The molecule has 1 atom stereocenters. The summed E-state index contributed by atoms with van der Waals surface area (Å²) in [6.45, 7) is 6.59. The molecule has 0 spiro atoms. The van der Waals surface area contributed by atoms with Gasteiger partial charge in [-0.25, -0.2) is 4.79 Å². The molecule has 0 saturated heterocycles. The Bertz CT molecular complexity index is 497. The molecular weight excluding hydrogens is 248 g/mol. The molecule has 104 valence electrons. The van der Waals surface area contributed by atoms with Crippen molar-refractivity contribution in [1.82, 2.24) is 0 Å². The van der Waals surface area contributed by atoms with E-state index in [4.69, 9.17) is 14.6 Å². The third-order valence-electron chi connectivity index (χ3n) is 2.77. The lowest BCUT2D eigenvalue weighted by molar-refractivity contribution is -0.228. The zero-order valence-corrected chi connectivity index (χ0v) is 11.4. The van der Waals surface area contributed by atoms with Crippen LogP contribution < -0.4 is 0 Å². The summed E-state index contributed by atoms with van der Waals surface area (Å²) in [4.78, 5) is 20.5. The van der Waals surface area contributed by atoms with Crippen LogP contribution in [-0.4, -0.2) is 22.2 Å². The average Bonchev–Trinajstić information content (AvgIpc) is 2.52. The number of esters is 1. The molecule has 1 aliphatic rings. The average molecular weight is 266 g/mol. The summed E-state index contributed by atoms with van der Waals surface area (Å²) in [6, 6.07) is 6.94. The van der Waals surface area contributed by atoms with Gasteiger partial charge >= 0.3 is 5.97 Å². The van der Waals surface area contributed by atoms with Crippen molar-refractivity contribution in [1.29, 1.82) is 0 Å². The van der Waals surface area contributed by atoms with Crippen molar-refractivity contribution in [2.24, 2.45) is 5.41 Å². The van der Waals surface area contributed by atoms with Crippen LogP contribution in [0.3, 0.4) is 0 Å². The number of aliphatic carboxylic acids is 1. The van der Waals surface area contributed by atoms with E-state index in [-0.39, 0.29) is 0 Å². The van der Waals surface area contributed by atoms with Gasteiger partial charge in [0.05, 0.1) is 5.56 Å². The molecule has 1 aromatic carbocycles. The minimum absolute atomic E-state index is 0.454. The number of hydrogen-bond donors (Lipinski definition) is 2. The molecule has 0 aliphatic carbocycles. The third-order valence-corrected chi connectivity index (χ3v) is 2.77. The van der Waals surface area contributed by atoms with Crippen LogP contribution in [0, 0.1) is 5.41 Å². The number of ether oxygens (including phenoxy) is 1. The number of cyclic esters (lactones) is 1. The highest BCUT2D eigenvalue weighted by atomic mass is 16.7. The van der Waals surface area contributed by atoms with Crippen molar-refractivity contribution < 1.29 is 24.5 Å². The predicted octanol–water partition coefficient (Wildman–Crippen LogP) is 2.14. The van der Waals surface area contributed by atoms with Gasteiger partial charge in [-0.1, -0.05) is 39.0 Å². The van der Waals surface area contributed by atoms with Crippen LogP contribution in [0.1, 0.15) is 43.6 Å². The maximum Gasteiger partial charge on any atom is 0.341 e. The van der Waals surface area contributed by atoms with Gasteiger partial charge in [0.1, 0.15) is 0 Å². The number of aliphatic hydroxyl groups is 1. The second-order valence-corrected chi connectivity index (χ2v) is 5.35. The summed E-state index contributed by atoms with van der Waals surface area (Å²) in [5, 5.41) is 17.8. The summed E-state index contributed by atoms with van der Waals surface area (Å²) >= 11 is 0. The van der Waals surface area contributed by atoms with Crippen LogP contribution in [0.4, 0.5) is 0 Å². The van der Waals surface area contributed by atoms with E-state index in [9.17, 15) is 9.90 Å². The van der Waals surface area contributed by atoms with E-state index in [1.807, 2.05) is 20.8 Å². The van der Waals surface area contributed by atoms with Crippen LogP contribution in [0.2, 0.25) is 0 Å². The van der Waals surface area contributed by atoms with Crippen molar-refractivity contribution in [2.75, 3.05) is 0 Å². The van der Waals surface area contributed by atoms with E-state index in [1.54, 1.807) is 24.3 Å². The largest absolute Gasteiger partial charge is 0.481 e. The Hall–Kier alpha value is -1.88. The van der Waals surface area contributed by atoms with Crippen molar-refractivity contribution in [2.45, 2.75) is 33.5 Å². The first-order chi connectivity index (χ1) is 8.59. The van der Waals surface area contributed by atoms with Gasteiger partial charge in [0.25, 0.3) is 5.97 Å². The summed E-state index contributed by atoms with van der Waals surface area (Å²) in [5.41, 5.74) is 0.465. The minimum atomic E-state index is -1.51. The monoisotopic (exact) mass is 266 g/mol. The van der Waals surface area contributed by atoms with Crippen molar-refractivity contribution >= 4 is 11.9 Å². The van der Waals surface area contributed by atoms with Gasteiger partial charge in [-0.2, -0.15) is 0 Å². The molecule has 0 bridgehead atoms. The highest BCUT2D eigenvalue weighted by Crippen LogP contribution is 2.46. The predicted molar refractivity (Wildman–Crippen MR) is 68.5 cm³/mol. The Morgan fingerprint density at radius 3 is 2.21 bits per heavy atom. The molecule has 1 unspecified atom stereocenters. The lowest BCUT2D eigenvalue weighted by atomic mass is 9.81. The lowest BCUT2D eigenvalue weighted by Gasteiger charge is -2.35. The molecule has 5 heteroatoms. The fourth-order valence-electron chi connectivity index (χ4n) is 1.76. The number of benzene rings is 1. The number of carbonyl (C=O) groups is 2. The molecular formula is C14H18O5. The number of carboxylic acid groups (broad SMARTS) is 1. The normalized spacial score (nSPS) is 21.0. The molecule has 0 aromatic heterocycles. The minimum Gasteiger partial charge on any atom is -0.481 e. The molecule has 1 heterocycles. The molecule has 2 N–H and O–H groups in total. The first-order valence-electron chi connectivity index (χ1n) is 5.84.